The number of benzene rings is 1. The minimum absolute atomic E-state index is 0.0342. The van der Waals surface area contributed by atoms with Gasteiger partial charge >= 0.3 is 0 Å². The van der Waals surface area contributed by atoms with Crippen molar-refractivity contribution in [3.05, 3.63) is 23.8 Å². The summed E-state index contributed by atoms with van der Waals surface area (Å²) >= 11 is 0. The fourth-order valence-corrected chi connectivity index (χ4v) is 1.58. The largest absolute Gasteiger partial charge is 0.494 e. The molecule has 0 aliphatic carbocycles. The molecule has 15 heavy (non-hydrogen) atoms. The Bertz CT molecular complexity index is 384. The van der Waals surface area contributed by atoms with Gasteiger partial charge in [-0.3, -0.25) is 4.79 Å². The summed E-state index contributed by atoms with van der Waals surface area (Å²) in [6, 6.07) is 5.39. The molecule has 1 heterocycles. The summed E-state index contributed by atoms with van der Waals surface area (Å²) in [5.41, 5.74) is 0.635. The number of ketones is 1. The fourth-order valence-electron chi connectivity index (χ4n) is 1.58. The number of Topliss-reactive ketones (excluding diaryl/α,β-unsaturated/α-hetero) is 1. The first-order chi connectivity index (χ1) is 7.22. The average molecular weight is 206 g/mol. The highest BCUT2D eigenvalue weighted by atomic mass is 16.5. The quantitative estimate of drug-likeness (QED) is 0.762. The zero-order chi connectivity index (χ0) is 10.8. The molecular weight excluding hydrogens is 192 g/mol. The third-order valence-corrected chi connectivity index (χ3v) is 2.36. The number of ether oxygens (including phenoxy) is 2. The molecule has 1 atom stereocenters. The summed E-state index contributed by atoms with van der Waals surface area (Å²) < 4.78 is 10.8. The molecule has 3 nitrogen and oxygen atoms in total. The maximum atomic E-state index is 11.6. The highest BCUT2D eigenvalue weighted by molar-refractivity contribution is 6.04. The predicted octanol–water partition coefficient (Wildman–Crippen LogP) is 2.44. The molecule has 0 aromatic heterocycles. The molecule has 0 bridgehead atoms. The number of rotatable bonds is 3. The van der Waals surface area contributed by atoms with Crippen LogP contribution in [0.3, 0.4) is 0 Å². The number of hydrogen-bond donors (Lipinski definition) is 0. The van der Waals surface area contributed by atoms with Crippen LogP contribution in [0.4, 0.5) is 0 Å². The molecule has 0 fully saturated rings. The Morgan fingerprint density at radius 2 is 2.27 bits per heavy atom. The minimum atomic E-state index is -0.360. The van der Waals surface area contributed by atoms with Gasteiger partial charge in [0.1, 0.15) is 11.5 Å². The lowest BCUT2D eigenvalue weighted by Crippen LogP contribution is -2.14. The molecule has 0 radical (unpaired) electrons. The molecule has 1 aliphatic rings. The monoisotopic (exact) mass is 206 g/mol. The van der Waals surface area contributed by atoms with Gasteiger partial charge in [0, 0.05) is 0 Å². The van der Waals surface area contributed by atoms with Crippen molar-refractivity contribution in [3.8, 4) is 11.5 Å². The van der Waals surface area contributed by atoms with Crippen LogP contribution >= 0.6 is 0 Å². The lowest BCUT2D eigenvalue weighted by Gasteiger charge is -2.05. The summed E-state index contributed by atoms with van der Waals surface area (Å²) in [7, 11) is 0. The Balaban J connectivity index is 2.23. The van der Waals surface area contributed by atoms with Gasteiger partial charge in [0.2, 0.25) is 5.78 Å². The molecular formula is C12H14O3. The van der Waals surface area contributed by atoms with Crippen molar-refractivity contribution in [2.45, 2.75) is 26.4 Å². The zero-order valence-electron chi connectivity index (χ0n) is 8.95. The van der Waals surface area contributed by atoms with Crippen LogP contribution < -0.4 is 9.47 Å². The molecule has 2 rings (SSSR count). The highest BCUT2D eigenvalue weighted by Gasteiger charge is 2.28. The molecule has 1 aromatic carbocycles. The lowest BCUT2D eigenvalue weighted by atomic mass is 10.1. The van der Waals surface area contributed by atoms with Crippen LogP contribution in [0.5, 0.6) is 11.5 Å². The molecule has 0 spiro atoms. The Morgan fingerprint density at radius 3 is 3.00 bits per heavy atom. The van der Waals surface area contributed by atoms with E-state index in [-0.39, 0.29) is 11.9 Å². The summed E-state index contributed by atoms with van der Waals surface area (Å²) in [6.45, 7) is 4.47. The van der Waals surface area contributed by atoms with Crippen molar-refractivity contribution < 1.29 is 14.3 Å². The van der Waals surface area contributed by atoms with E-state index in [9.17, 15) is 4.79 Å². The van der Waals surface area contributed by atoms with Crippen molar-refractivity contribution in [2.24, 2.45) is 0 Å². The van der Waals surface area contributed by atoms with Crippen LogP contribution in [-0.2, 0) is 0 Å². The summed E-state index contributed by atoms with van der Waals surface area (Å²) in [5.74, 6) is 1.44. The van der Waals surface area contributed by atoms with Gasteiger partial charge in [-0.05, 0) is 31.5 Å². The van der Waals surface area contributed by atoms with Gasteiger partial charge < -0.3 is 9.47 Å². The van der Waals surface area contributed by atoms with Crippen LogP contribution in [0, 0.1) is 0 Å². The van der Waals surface area contributed by atoms with Crippen molar-refractivity contribution in [2.75, 3.05) is 6.61 Å². The van der Waals surface area contributed by atoms with E-state index in [0.717, 1.165) is 12.2 Å². The Morgan fingerprint density at radius 1 is 1.47 bits per heavy atom. The fraction of sp³-hybridized carbons (Fsp3) is 0.417. The van der Waals surface area contributed by atoms with Crippen LogP contribution in [0.25, 0.3) is 0 Å². The average Bonchev–Trinajstić information content (AvgIpc) is 2.52. The second-order valence-electron chi connectivity index (χ2n) is 3.63. The predicted molar refractivity (Wildman–Crippen MR) is 56.6 cm³/mol. The van der Waals surface area contributed by atoms with Gasteiger partial charge in [0.15, 0.2) is 6.10 Å². The van der Waals surface area contributed by atoms with Crippen LogP contribution in [0.1, 0.15) is 30.6 Å². The van der Waals surface area contributed by atoms with Gasteiger partial charge in [-0.25, -0.2) is 0 Å². The van der Waals surface area contributed by atoms with Gasteiger partial charge in [0.05, 0.1) is 12.2 Å². The van der Waals surface area contributed by atoms with E-state index in [1.54, 1.807) is 19.1 Å². The number of hydrogen-bond acceptors (Lipinski definition) is 3. The topological polar surface area (TPSA) is 35.5 Å². The molecule has 80 valence electrons. The second kappa shape index (κ2) is 3.93. The van der Waals surface area contributed by atoms with Crippen molar-refractivity contribution >= 4 is 5.78 Å². The number of carbonyl (C=O) groups excluding carboxylic acids is 1. The van der Waals surface area contributed by atoms with E-state index in [2.05, 4.69) is 0 Å². The van der Waals surface area contributed by atoms with E-state index in [4.69, 9.17) is 9.47 Å². The molecule has 1 aliphatic heterocycles. The van der Waals surface area contributed by atoms with Gasteiger partial charge in [-0.1, -0.05) is 6.92 Å². The highest BCUT2D eigenvalue weighted by Crippen LogP contribution is 2.31. The van der Waals surface area contributed by atoms with Crippen molar-refractivity contribution in [1.82, 2.24) is 0 Å². The van der Waals surface area contributed by atoms with Gasteiger partial charge in [-0.2, -0.15) is 0 Å². The van der Waals surface area contributed by atoms with Crippen LogP contribution in [0.2, 0.25) is 0 Å². The molecule has 0 amide bonds. The zero-order valence-corrected chi connectivity index (χ0v) is 8.95. The lowest BCUT2D eigenvalue weighted by molar-refractivity contribution is 0.0878. The molecule has 3 heteroatoms. The van der Waals surface area contributed by atoms with Crippen molar-refractivity contribution in [3.63, 3.8) is 0 Å². The minimum Gasteiger partial charge on any atom is -0.494 e. The van der Waals surface area contributed by atoms with E-state index < -0.39 is 0 Å². The maximum Gasteiger partial charge on any atom is 0.206 e. The molecule has 0 N–H and O–H groups in total. The normalized spacial score (nSPS) is 18.5. The number of fused-ring (bicyclic) bond motifs is 1. The number of carbonyl (C=O) groups is 1. The van der Waals surface area contributed by atoms with E-state index in [0.29, 0.717) is 17.9 Å². The smallest absolute Gasteiger partial charge is 0.206 e. The first-order valence-corrected chi connectivity index (χ1v) is 5.20. The molecule has 0 saturated carbocycles. The first-order valence-electron chi connectivity index (χ1n) is 5.20. The molecule has 1 unspecified atom stereocenters. The molecule has 1 aromatic rings. The summed E-state index contributed by atoms with van der Waals surface area (Å²) in [4.78, 5) is 11.6. The van der Waals surface area contributed by atoms with Crippen LogP contribution in [-0.4, -0.2) is 18.5 Å². The Labute approximate surface area is 89.0 Å². The van der Waals surface area contributed by atoms with E-state index in [1.165, 1.54) is 0 Å². The van der Waals surface area contributed by atoms with Gasteiger partial charge in [0.25, 0.3) is 0 Å². The van der Waals surface area contributed by atoms with Crippen molar-refractivity contribution in [1.29, 1.82) is 0 Å². The van der Waals surface area contributed by atoms with Gasteiger partial charge in [-0.15, -0.1) is 0 Å². The van der Waals surface area contributed by atoms with E-state index >= 15 is 0 Å². The standard InChI is InChI=1S/C12H14O3/c1-3-6-14-9-4-5-11-10(7-9)12(13)8(2)15-11/h4-5,7-8H,3,6H2,1-2H3. The maximum absolute atomic E-state index is 11.6. The van der Waals surface area contributed by atoms with E-state index in [1.807, 2.05) is 13.0 Å². The Hall–Kier alpha value is -1.51. The summed E-state index contributed by atoms with van der Waals surface area (Å²) in [5, 5.41) is 0. The van der Waals surface area contributed by atoms with Crippen LogP contribution in [0.15, 0.2) is 18.2 Å². The summed E-state index contributed by atoms with van der Waals surface area (Å²) in [6.07, 6.45) is 0.596. The third-order valence-electron chi connectivity index (χ3n) is 2.36. The Kier molecular flexibility index (Phi) is 2.62. The SMILES string of the molecule is CCCOc1ccc2c(c1)C(=O)C(C)O2. The third kappa shape index (κ3) is 1.82. The first kappa shape index (κ1) is 10.0. The molecule has 0 saturated heterocycles. The second-order valence-corrected chi connectivity index (χ2v) is 3.63.